The summed E-state index contributed by atoms with van der Waals surface area (Å²) in [7, 11) is 0. The van der Waals surface area contributed by atoms with Gasteiger partial charge in [-0.15, -0.1) is 0 Å². The monoisotopic (exact) mass is 271 g/mol. The maximum atomic E-state index is 12.3. The summed E-state index contributed by atoms with van der Waals surface area (Å²) in [4.78, 5) is 24.6. The van der Waals surface area contributed by atoms with E-state index in [0.717, 1.165) is 23.6 Å². The number of nitrogens with one attached hydrogen (secondary N) is 2. The molecule has 0 spiro atoms. The molecule has 0 radical (unpaired) electrons. The maximum absolute atomic E-state index is 12.3. The van der Waals surface area contributed by atoms with Crippen molar-refractivity contribution in [3.8, 4) is 0 Å². The number of carbonyl (C=O) groups excluding carboxylic acids is 1. The van der Waals surface area contributed by atoms with E-state index in [1.54, 1.807) is 12.3 Å². The van der Waals surface area contributed by atoms with Gasteiger partial charge in [0.2, 0.25) is 5.95 Å². The molecule has 0 saturated heterocycles. The molecule has 6 heteroatoms. The summed E-state index contributed by atoms with van der Waals surface area (Å²) in [6.45, 7) is 6.41. The third-order valence-corrected chi connectivity index (χ3v) is 2.64. The second-order valence-electron chi connectivity index (χ2n) is 4.38. The molecule has 2 aromatic heterocycles. The average molecular weight is 271 g/mol. The number of pyridine rings is 1. The van der Waals surface area contributed by atoms with E-state index < -0.39 is 0 Å². The second kappa shape index (κ2) is 6.10. The quantitative estimate of drug-likeness (QED) is 0.890. The van der Waals surface area contributed by atoms with Crippen molar-refractivity contribution in [1.82, 2.24) is 15.0 Å². The van der Waals surface area contributed by atoms with Crippen molar-refractivity contribution in [3.05, 3.63) is 41.5 Å². The standard InChI is InChI=1S/C14H17N5O/c1-4-16-12-5-6-15-8-11(12)13(20)19-14-17-9(2)7-10(3)18-14/h5-8H,4H2,1-3H3,(H,15,16)(H,17,18,19,20). The predicted molar refractivity (Wildman–Crippen MR) is 77.9 cm³/mol. The summed E-state index contributed by atoms with van der Waals surface area (Å²) in [6, 6.07) is 3.62. The van der Waals surface area contributed by atoms with Crippen molar-refractivity contribution in [2.24, 2.45) is 0 Å². The number of amides is 1. The highest BCUT2D eigenvalue weighted by Gasteiger charge is 2.13. The van der Waals surface area contributed by atoms with E-state index in [0.29, 0.717) is 11.5 Å². The van der Waals surface area contributed by atoms with Gasteiger partial charge >= 0.3 is 0 Å². The topological polar surface area (TPSA) is 79.8 Å². The van der Waals surface area contributed by atoms with Crippen LogP contribution in [0.3, 0.4) is 0 Å². The minimum Gasteiger partial charge on any atom is -0.385 e. The van der Waals surface area contributed by atoms with E-state index in [4.69, 9.17) is 0 Å². The SMILES string of the molecule is CCNc1ccncc1C(=O)Nc1nc(C)cc(C)n1. The fourth-order valence-electron chi connectivity index (χ4n) is 1.87. The first-order valence-corrected chi connectivity index (χ1v) is 6.41. The first-order chi connectivity index (χ1) is 9.60. The average Bonchev–Trinajstić information content (AvgIpc) is 2.38. The molecule has 0 aromatic carbocycles. The lowest BCUT2D eigenvalue weighted by Crippen LogP contribution is -2.17. The van der Waals surface area contributed by atoms with Gasteiger partial charge in [0.15, 0.2) is 0 Å². The Kier molecular flexibility index (Phi) is 4.24. The number of aryl methyl sites for hydroxylation is 2. The molecule has 0 aliphatic rings. The summed E-state index contributed by atoms with van der Waals surface area (Å²) < 4.78 is 0. The molecular weight excluding hydrogens is 254 g/mol. The maximum Gasteiger partial charge on any atom is 0.261 e. The van der Waals surface area contributed by atoms with Crippen molar-refractivity contribution in [2.45, 2.75) is 20.8 Å². The molecule has 2 aromatic rings. The Morgan fingerprint density at radius 1 is 1.25 bits per heavy atom. The van der Waals surface area contributed by atoms with Crippen molar-refractivity contribution in [2.75, 3.05) is 17.2 Å². The smallest absolute Gasteiger partial charge is 0.261 e. The Bertz CT molecular complexity index is 606. The van der Waals surface area contributed by atoms with Crippen LogP contribution >= 0.6 is 0 Å². The first kappa shape index (κ1) is 13.9. The number of rotatable bonds is 4. The Morgan fingerprint density at radius 3 is 2.60 bits per heavy atom. The molecule has 1 amide bonds. The molecule has 2 heterocycles. The van der Waals surface area contributed by atoms with Crippen molar-refractivity contribution >= 4 is 17.5 Å². The fraction of sp³-hybridized carbons (Fsp3) is 0.286. The minimum atomic E-state index is -0.279. The van der Waals surface area contributed by atoms with Crippen LogP contribution in [-0.2, 0) is 0 Å². The number of carbonyl (C=O) groups is 1. The zero-order valence-electron chi connectivity index (χ0n) is 11.8. The molecular formula is C14H17N5O. The van der Waals surface area contributed by atoms with E-state index in [1.807, 2.05) is 26.8 Å². The van der Waals surface area contributed by atoms with Crippen molar-refractivity contribution in [1.29, 1.82) is 0 Å². The van der Waals surface area contributed by atoms with Gasteiger partial charge in [0.1, 0.15) is 0 Å². The summed E-state index contributed by atoms with van der Waals surface area (Å²) in [5.74, 6) is 0.0258. The molecule has 0 saturated carbocycles. The summed E-state index contributed by atoms with van der Waals surface area (Å²) in [5.41, 5.74) is 2.83. The van der Waals surface area contributed by atoms with Crippen LogP contribution in [0, 0.1) is 13.8 Å². The van der Waals surface area contributed by atoms with Crippen LogP contribution in [0.25, 0.3) is 0 Å². The number of aromatic nitrogens is 3. The third kappa shape index (κ3) is 3.28. The van der Waals surface area contributed by atoms with E-state index in [2.05, 4.69) is 25.6 Å². The minimum absolute atomic E-state index is 0.279. The second-order valence-corrected chi connectivity index (χ2v) is 4.38. The Hall–Kier alpha value is -2.50. The zero-order valence-corrected chi connectivity index (χ0v) is 11.8. The van der Waals surface area contributed by atoms with Crippen molar-refractivity contribution < 1.29 is 4.79 Å². The lowest BCUT2D eigenvalue weighted by molar-refractivity contribution is 0.102. The Balaban J connectivity index is 2.23. The summed E-state index contributed by atoms with van der Waals surface area (Å²) in [5, 5.41) is 5.82. The van der Waals surface area contributed by atoms with Crippen LogP contribution in [0.15, 0.2) is 24.5 Å². The molecule has 20 heavy (non-hydrogen) atoms. The summed E-state index contributed by atoms with van der Waals surface area (Å²) >= 11 is 0. The summed E-state index contributed by atoms with van der Waals surface area (Å²) in [6.07, 6.45) is 3.16. The van der Waals surface area contributed by atoms with Gasteiger partial charge in [-0.25, -0.2) is 9.97 Å². The molecule has 2 rings (SSSR count). The Morgan fingerprint density at radius 2 is 1.95 bits per heavy atom. The number of hydrogen-bond acceptors (Lipinski definition) is 5. The van der Waals surface area contributed by atoms with Crippen LogP contribution < -0.4 is 10.6 Å². The van der Waals surface area contributed by atoms with Gasteiger partial charge in [0.05, 0.1) is 11.3 Å². The van der Waals surface area contributed by atoms with Gasteiger partial charge < -0.3 is 5.32 Å². The highest BCUT2D eigenvalue weighted by atomic mass is 16.1. The third-order valence-electron chi connectivity index (χ3n) is 2.64. The molecule has 0 atom stereocenters. The number of nitrogens with zero attached hydrogens (tertiary/aromatic N) is 3. The van der Waals surface area contributed by atoms with Gasteiger partial charge in [-0.05, 0) is 32.9 Å². The van der Waals surface area contributed by atoms with E-state index >= 15 is 0 Å². The largest absolute Gasteiger partial charge is 0.385 e. The first-order valence-electron chi connectivity index (χ1n) is 6.41. The number of anilines is 2. The molecule has 6 nitrogen and oxygen atoms in total. The van der Waals surface area contributed by atoms with Crippen LogP contribution in [0.4, 0.5) is 11.6 Å². The van der Waals surface area contributed by atoms with E-state index in [9.17, 15) is 4.79 Å². The van der Waals surface area contributed by atoms with Gasteiger partial charge in [-0.2, -0.15) is 0 Å². The highest BCUT2D eigenvalue weighted by molar-refractivity contribution is 6.07. The van der Waals surface area contributed by atoms with Crippen molar-refractivity contribution in [3.63, 3.8) is 0 Å². The highest BCUT2D eigenvalue weighted by Crippen LogP contribution is 2.15. The van der Waals surface area contributed by atoms with Gasteiger partial charge in [-0.1, -0.05) is 0 Å². The molecule has 0 unspecified atom stereocenters. The normalized spacial score (nSPS) is 10.2. The molecule has 0 fully saturated rings. The lowest BCUT2D eigenvalue weighted by atomic mass is 10.2. The zero-order chi connectivity index (χ0) is 14.5. The van der Waals surface area contributed by atoms with E-state index in [1.165, 1.54) is 6.20 Å². The fourth-order valence-corrected chi connectivity index (χ4v) is 1.87. The molecule has 104 valence electrons. The van der Waals surface area contributed by atoms with Crippen LogP contribution in [0.5, 0.6) is 0 Å². The lowest BCUT2D eigenvalue weighted by Gasteiger charge is -2.10. The van der Waals surface area contributed by atoms with Crippen LogP contribution in [-0.4, -0.2) is 27.4 Å². The molecule has 0 aliphatic heterocycles. The molecule has 2 N–H and O–H groups in total. The van der Waals surface area contributed by atoms with Gasteiger partial charge in [-0.3, -0.25) is 15.1 Å². The van der Waals surface area contributed by atoms with Crippen LogP contribution in [0.1, 0.15) is 28.7 Å². The van der Waals surface area contributed by atoms with Gasteiger partial charge in [0.25, 0.3) is 5.91 Å². The molecule has 0 aliphatic carbocycles. The van der Waals surface area contributed by atoms with Crippen LogP contribution in [0.2, 0.25) is 0 Å². The number of hydrogen-bond donors (Lipinski definition) is 2. The van der Waals surface area contributed by atoms with Gasteiger partial charge in [0, 0.05) is 30.3 Å². The van der Waals surface area contributed by atoms with E-state index in [-0.39, 0.29) is 5.91 Å². The molecule has 0 bridgehead atoms. The Labute approximate surface area is 117 Å². The predicted octanol–water partition coefficient (Wildman–Crippen LogP) is 2.17.